The monoisotopic (exact) mass is 364 g/mol. The first-order chi connectivity index (χ1) is 12.6. The van der Waals surface area contributed by atoms with Crippen molar-refractivity contribution < 1.29 is 9.32 Å². The molecule has 0 spiro atoms. The van der Waals surface area contributed by atoms with Gasteiger partial charge in [0.25, 0.3) is 5.91 Å². The molecule has 0 aliphatic rings. The zero-order chi connectivity index (χ0) is 18.1. The normalized spacial score (nSPS) is 10.8. The van der Waals surface area contributed by atoms with Crippen LogP contribution in [-0.4, -0.2) is 21.3 Å². The maximum Gasteiger partial charge on any atom is 0.295 e. The number of carbonyl (C=O) groups is 1. The van der Waals surface area contributed by atoms with Gasteiger partial charge in [-0.2, -0.15) is 5.10 Å². The van der Waals surface area contributed by atoms with Crippen molar-refractivity contribution >= 4 is 23.1 Å². The van der Waals surface area contributed by atoms with Gasteiger partial charge in [-0.25, -0.2) is 0 Å². The average molecular weight is 364 g/mol. The van der Waals surface area contributed by atoms with Crippen LogP contribution >= 0.6 is 11.3 Å². The topological polar surface area (TPSA) is 83.8 Å². The molecule has 0 bridgehead atoms. The highest BCUT2D eigenvalue weighted by atomic mass is 32.1. The number of nitrogens with zero attached hydrogens (tertiary/aromatic N) is 2. The van der Waals surface area contributed by atoms with Gasteiger partial charge in [-0.15, -0.1) is 11.3 Å². The van der Waals surface area contributed by atoms with E-state index in [9.17, 15) is 4.79 Å². The zero-order valence-electron chi connectivity index (χ0n) is 14.2. The highest BCUT2D eigenvalue weighted by Crippen LogP contribution is 2.27. The van der Waals surface area contributed by atoms with Gasteiger partial charge >= 0.3 is 0 Å². The molecule has 6 nitrogen and oxygen atoms in total. The number of nitrogens with one attached hydrogen (secondary N) is 2. The third-order valence-corrected chi connectivity index (χ3v) is 4.94. The number of anilines is 1. The molecule has 3 aromatic heterocycles. The summed E-state index contributed by atoms with van der Waals surface area (Å²) in [7, 11) is 0. The third kappa shape index (κ3) is 3.29. The fourth-order valence-electron chi connectivity index (χ4n) is 2.51. The molecule has 2 N–H and O–H groups in total. The lowest BCUT2D eigenvalue weighted by Crippen LogP contribution is -2.11. The molecular formula is C19H16N4O2S. The fraction of sp³-hybridized carbons (Fsp3) is 0.105. The van der Waals surface area contributed by atoms with E-state index in [1.165, 1.54) is 4.88 Å². The van der Waals surface area contributed by atoms with Gasteiger partial charge in [0.1, 0.15) is 5.69 Å². The lowest BCUT2D eigenvalue weighted by atomic mass is 10.1. The summed E-state index contributed by atoms with van der Waals surface area (Å²) in [4.78, 5) is 14.6. The molecule has 7 heteroatoms. The number of H-pyrrole nitrogens is 1. The zero-order valence-corrected chi connectivity index (χ0v) is 15.1. The summed E-state index contributed by atoms with van der Waals surface area (Å²) in [5.74, 6) is 0.178. The van der Waals surface area contributed by atoms with Crippen molar-refractivity contribution in [2.75, 3.05) is 5.32 Å². The minimum absolute atomic E-state index is 0.136. The van der Waals surface area contributed by atoms with Crippen molar-refractivity contribution in [1.29, 1.82) is 0 Å². The number of aromatic amines is 1. The van der Waals surface area contributed by atoms with E-state index in [1.807, 2.05) is 50.2 Å². The molecule has 0 saturated carbocycles. The summed E-state index contributed by atoms with van der Waals surface area (Å²) in [5, 5.41) is 13.7. The van der Waals surface area contributed by atoms with E-state index < -0.39 is 5.91 Å². The second-order valence-electron chi connectivity index (χ2n) is 5.97. The first-order valence-corrected chi connectivity index (χ1v) is 8.87. The average Bonchev–Trinajstić information content (AvgIpc) is 3.35. The lowest BCUT2D eigenvalue weighted by Gasteiger charge is -1.96. The molecule has 130 valence electrons. The Hall–Kier alpha value is -3.19. The van der Waals surface area contributed by atoms with Crippen LogP contribution in [0.2, 0.25) is 0 Å². The molecular weight excluding hydrogens is 348 g/mol. The minimum Gasteiger partial charge on any atom is -0.350 e. The van der Waals surface area contributed by atoms with Crippen molar-refractivity contribution in [2.45, 2.75) is 13.8 Å². The molecule has 4 aromatic rings. The molecule has 0 radical (unpaired) electrons. The Morgan fingerprint density at radius 2 is 1.92 bits per heavy atom. The number of aromatic nitrogens is 3. The van der Waals surface area contributed by atoms with E-state index in [-0.39, 0.29) is 5.76 Å². The Labute approximate surface area is 153 Å². The number of thiophene rings is 1. The van der Waals surface area contributed by atoms with Gasteiger partial charge in [-0.1, -0.05) is 35.0 Å². The maximum absolute atomic E-state index is 12.4. The summed E-state index contributed by atoms with van der Waals surface area (Å²) in [6.45, 7) is 4.06. The Bertz CT molecular complexity index is 1060. The largest absolute Gasteiger partial charge is 0.350 e. The summed E-state index contributed by atoms with van der Waals surface area (Å²) in [6.07, 6.45) is 0. The van der Waals surface area contributed by atoms with Gasteiger partial charge < -0.3 is 9.84 Å². The number of benzene rings is 1. The summed E-state index contributed by atoms with van der Waals surface area (Å²) >= 11 is 1.66. The van der Waals surface area contributed by atoms with Crippen LogP contribution in [0.3, 0.4) is 0 Å². The van der Waals surface area contributed by atoms with Crippen LogP contribution in [0.1, 0.15) is 21.0 Å². The van der Waals surface area contributed by atoms with Crippen molar-refractivity contribution in [3.05, 3.63) is 64.7 Å². The molecule has 0 aliphatic carbocycles. The van der Waals surface area contributed by atoms with Gasteiger partial charge in [-0.05, 0) is 26.0 Å². The van der Waals surface area contributed by atoms with Crippen LogP contribution in [0.25, 0.3) is 21.8 Å². The van der Waals surface area contributed by atoms with E-state index in [2.05, 4.69) is 20.7 Å². The highest BCUT2D eigenvalue weighted by Gasteiger charge is 2.16. The molecule has 1 amide bonds. The van der Waals surface area contributed by atoms with Crippen LogP contribution in [0.15, 0.2) is 53.1 Å². The highest BCUT2D eigenvalue weighted by molar-refractivity contribution is 7.15. The Kier molecular flexibility index (Phi) is 4.14. The van der Waals surface area contributed by atoms with E-state index in [1.54, 1.807) is 23.5 Å². The number of carbonyl (C=O) groups excluding carboxylic acids is 1. The standard InChI is InChI=1S/C19H16N4O2S/c1-11-3-6-13(7-4-11)14-9-16(25-23-14)19(24)20-18-10-15(21-22-18)17-8-5-12(2)26-17/h3-10H,1-2H3,(H2,20,21,22,24). The lowest BCUT2D eigenvalue weighted by molar-refractivity contribution is 0.0987. The van der Waals surface area contributed by atoms with E-state index in [4.69, 9.17) is 4.52 Å². The van der Waals surface area contributed by atoms with Gasteiger partial charge in [0, 0.05) is 22.6 Å². The van der Waals surface area contributed by atoms with E-state index >= 15 is 0 Å². The number of rotatable bonds is 4. The number of aryl methyl sites for hydroxylation is 2. The predicted octanol–water partition coefficient (Wildman–Crippen LogP) is 4.66. The number of amides is 1. The molecule has 0 aliphatic heterocycles. The van der Waals surface area contributed by atoms with Crippen LogP contribution in [0.5, 0.6) is 0 Å². The summed E-state index contributed by atoms with van der Waals surface area (Å²) in [5.41, 5.74) is 3.53. The molecule has 0 saturated heterocycles. The molecule has 4 rings (SSSR count). The molecule has 1 aromatic carbocycles. The Balaban J connectivity index is 1.49. The first kappa shape index (κ1) is 16.3. The molecule has 0 atom stereocenters. The third-order valence-electron chi connectivity index (χ3n) is 3.91. The molecule has 0 unspecified atom stereocenters. The maximum atomic E-state index is 12.4. The second-order valence-corrected chi connectivity index (χ2v) is 7.26. The SMILES string of the molecule is Cc1ccc(-c2cc(C(=O)Nc3cc(-c4ccc(C)s4)[nH]n3)on2)cc1. The van der Waals surface area contributed by atoms with Crippen LogP contribution in [0.4, 0.5) is 5.82 Å². The predicted molar refractivity (Wildman–Crippen MR) is 101 cm³/mol. The molecule has 26 heavy (non-hydrogen) atoms. The van der Waals surface area contributed by atoms with Gasteiger partial charge in [0.2, 0.25) is 5.76 Å². The second kappa shape index (κ2) is 6.61. The van der Waals surface area contributed by atoms with Gasteiger partial charge in [-0.3, -0.25) is 9.89 Å². The van der Waals surface area contributed by atoms with Gasteiger partial charge in [0.15, 0.2) is 5.82 Å². The van der Waals surface area contributed by atoms with E-state index in [0.29, 0.717) is 11.5 Å². The van der Waals surface area contributed by atoms with Gasteiger partial charge in [0.05, 0.1) is 10.6 Å². The number of hydrogen-bond donors (Lipinski definition) is 2. The van der Waals surface area contributed by atoms with Crippen molar-refractivity contribution in [3.63, 3.8) is 0 Å². The molecule has 0 fully saturated rings. The first-order valence-electron chi connectivity index (χ1n) is 8.06. The van der Waals surface area contributed by atoms with Crippen LogP contribution < -0.4 is 5.32 Å². The fourth-order valence-corrected chi connectivity index (χ4v) is 3.35. The summed E-state index contributed by atoms with van der Waals surface area (Å²) in [6, 6.07) is 15.3. The quantitative estimate of drug-likeness (QED) is 0.551. The number of hydrogen-bond acceptors (Lipinski definition) is 5. The smallest absolute Gasteiger partial charge is 0.295 e. The van der Waals surface area contributed by atoms with Crippen molar-refractivity contribution in [3.8, 4) is 21.8 Å². The Morgan fingerprint density at radius 1 is 1.12 bits per heavy atom. The molecule has 3 heterocycles. The van der Waals surface area contributed by atoms with Crippen LogP contribution in [0, 0.1) is 13.8 Å². The van der Waals surface area contributed by atoms with Crippen molar-refractivity contribution in [2.24, 2.45) is 0 Å². The van der Waals surface area contributed by atoms with Crippen LogP contribution in [-0.2, 0) is 0 Å². The van der Waals surface area contributed by atoms with E-state index in [0.717, 1.165) is 21.7 Å². The van der Waals surface area contributed by atoms with Crippen molar-refractivity contribution in [1.82, 2.24) is 15.4 Å². The summed E-state index contributed by atoms with van der Waals surface area (Å²) < 4.78 is 5.18. The Morgan fingerprint density at radius 3 is 2.65 bits per heavy atom. The minimum atomic E-state index is -0.392.